The van der Waals surface area contributed by atoms with E-state index in [0.717, 1.165) is 18.4 Å². The molecule has 0 radical (unpaired) electrons. The van der Waals surface area contributed by atoms with Crippen molar-refractivity contribution in [3.8, 4) is 0 Å². The molecule has 1 rings (SSSR count). The standard InChI is InChI=1S/C10H13NO2/c11-10(13)9-5-3-8(4-6-9)2-1-7-12/h3-6,12H,1-2,7H2,(H2,11,13). The van der Waals surface area contributed by atoms with Crippen molar-refractivity contribution in [1.29, 1.82) is 0 Å². The number of carbonyl (C=O) groups is 1. The number of nitrogens with two attached hydrogens (primary N) is 1. The third-order valence-corrected chi connectivity index (χ3v) is 1.86. The summed E-state index contributed by atoms with van der Waals surface area (Å²) in [6.45, 7) is 0.192. The van der Waals surface area contributed by atoms with E-state index in [1.54, 1.807) is 12.1 Å². The normalized spacial score (nSPS) is 9.92. The number of aliphatic hydroxyl groups excluding tert-OH is 1. The van der Waals surface area contributed by atoms with Crippen LogP contribution in [0.25, 0.3) is 0 Å². The predicted octanol–water partition coefficient (Wildman–Crippen LogP) is 0.710. The van der Waals surface area contributed by atoms with Gasteiger partial charge >= 0.3 is 0 Å². The van der Waals surface area contributed by atoms with Crippen LogP contribution in [0.1, 0.15) is 22.3 Å². The van der Waals surface area contributed by atoms with E-state index in [9.17, 15) is 4.79 Å². The molecule has 3 N–H and O–H groups in total. The van der Waals surface area contributed by atoms with E-state index in [-0.39, 0.29) is 6.61 Å². The fraction of sp³-hybridized carbons (Fsp3) is 0.300. The third kappa shape index (κ3) is 2.87. The molecule has 1 amide bonds. The van der Waals surface area contributed by atoms with Gasteiger partial charge in [0, 0.05) is 12.2 Å². The van der Waals surface area contributed by atoms with Gasteiger partial charge in [-0.3, -0.25) is 4.79 Å². The highest BCUT2D eigenvalue weighted by Crippen LogP contribution is 2.05. The van der Waals surface area contributed by atoms with Crippen molar-refractivity contribution in [3.05, 3.63) is 35.4 Å². The molecule has 0 aliphatic heterocycles. The molecular formula is C10H13NO2. The number of primary amides is 1. The Morgan fingerprint density at radius 1 is 1.31 bits per heavy atom. The molecule has 0 fully saturated rings. The van der Waals surface area contributed by atoms with Crippen LogP contribution in [0, 0.1) is 0 Å². The van der Waals surface area contributed by atoms with Crippen molar-refractivity contribution < 1.29 is 9.90 Å². The van der Waals surface area contributed by atoms with Gasteiger partial charge in [0.15, 0.2) is 0 Å². The second-order valence-electron chi connectivity index (χ2n) is 2.89. The molecule has 0 heterocycles. The van der Waals surface area contributed by atoms with Crippen molar-refractivity contribution in [1.82, 2.24) is 0 Å². The van der Waals surface area contributed by atoms with Gasteiger partial charge in [-0.15, -0.1) is 0 Å². The van der Waals surface area contributed by atoms with Gasteiger partial charge in [0.05, 0.1) is 0 Å². The average Bonchev–Trinajstić information content (AvgIpc) is 2.15. The average molecular weight is 179 g/mol. The molecule has 0 unspecified atom stereocenters. The zero-order valence-corrected chi connectivity index (χ0v) is 7.36. The van der Waals surface area contributed by atoms with Gasteiger partial charge in [-0.1, -0.05) is 12.1 Å². The molecule has 1 aromatic rings. The van der Waals surface area contributed by atoms with E-state index in [4.69, 9.17) is 10.8 Å². The van der Waals surface area contributed by atoms with Crippen LogP contribution < -0.4 is 5.73 Å². The van der Waals surface area contributed by atoms with Crippen molar-refractivity contribution in [2.24, 2.45) is 5.73 Å². The number of hydrogen-bond donors (Lipinski definition) is 2. The summed E-state index contributed by atoms with van der Waals surface area (Å²) in [6, 6.07) is 7.12. The first kappa shape index (κ1) is 9.74. The van der Waals surface area contributed by atoms with Crippen LogP contribution in [0.3, 0.4) is 0 Å². The van der Waals surface area contributed by atoms with Crippen LogP contribution in [-0.4, -0.2) is 17.6 Å². The molecule has 13 heavy (non-hydrogen) atoms. The minimum Gasteiger partial charge on any atom is -0.396 e. The molecule has 1 aromatic carbocycles. The minimum atomic E-state index is -0.409. The summed E-state index contributed by atoms with van der Waals surface area (Å²) in [5.41, 5.74) is 6.72. The summed E-state index contributed by atoms with van der Waals surface area (Å²) >= 11 is 0. The quantitative estimate of drug-likeness (QED) is 0.715. The highest BCUT2D eigenvalue weighted by atomic mass is 16.2. The lowest BCUT2D eigenvalue weighted by atomic mass is 10.1. The Labute approximate surface area is 77.2 Å². The van der Waals surface area contributed by atoms with Gasteiger partial charge in [0.25, 0.3) is 0 Å². The van der Waals surface area contributed by atoms with Crippen LogP contribution >= 0.6 is 0 Å². The molecule has 0 saturated heterocycles. The molecule has 3 heteroatoms. The van der Waals surface area contributed by atoms with Crippen molar-refractivity contribution in [3.63, 3.8) is 0 Å². The third-order valence-electron chi connectivity index (χ3n) is 1.86. The molecule has 0 spiro atoms. The van der Waals surface area contributed by atoms with Gasteiger partial charge in [-0.2, -0.15) is 0 Å². The van der Waals surface area contributed by atoms with Crippen molar-refractivity contribution in [2.45, 2.75) is 12.8 Å². The second-order valence-corrected chi connectivity index (χ2v) is 2.89. The number of benzene rings is 1. The Morgan fingerprint density at radius 2 is 1.92 bits per heavy atom. The van der Waals surface area contributed by atoms with Crippen LogP contribution in [0.5, 0.6) is 0 Å². The Bertz CT molecular complexity index is 279. The van der Waals surface area contributed by atoms with E-state index in [0.29, 0.717) is 5.56 Å². The lowest BCUT2D eigenvalue weighted by molar-refractivity contribution is 0.100. The van der Waals surface area contributed by atoms with Gasteiger partial charge in [0.2, 0.25) is 5.91 Å². The van der Waals surface area contributed by atoms with Gasteiger partial charge < -0.3 is 10.8 Å². The largest absolute Gasteiger partial charge is 0.396 e. The molecule has 0 atom stereocenters. The first-order valence-corrected chi connectivity index (χ1v) is 4.23. The summed E-state index contributed by atoms with van der Waals surface area (Å²) in [5.74, 6) is -0.409. The maximum atomic E-state index is 10.7. The second kappa shape index (κ2) is 4.62. The predicted molar refractivity (Wildman–Crippen MR) is 50.4 cm³/mol. The number of amides is 1. The summed E-state index contributed by atoms with van der Waals surface area (Å²) in [5, 5.41) is 8.60. The van der Waals surface area contributed by atoms with Crippen LogP contribution in [-0.2, 0) is 6.42 Å². The van der Waals surface area contributed by atoms with E-state index in [1.807, 2.05) is 12.1 Å². The lowest BCUT2D eigenvalue weighted by Crippen LogP contribution is -2.10. The minimum absolute atomic E-state index is 0.192. The van der Waals surface area contributed by atoms with Crippen molar-refractivity contribution in [2.75, 3.05) is 6.61 Å². The molecular weight excluding hydrogens is 166 g/mol. The fourth-order valence-corrected chi connectivity index (χ4v) is 1.12. The molecule has 0 saturated carbocycles. The molecule has 0 bridgehead atoms. The van der Waals surface area contributed by atoms with Crippen LogP contribution in [0.4, 0.5) is 0 Å². The van der Waals surface area contributed by atoms with Gasteiger partial charge in [-0.05, 0) is 30.5 Å². The topological polar surface area (TPSA) is 63.3 Å². The first-order chi connectivity index (χ1) is 6.24. The van der Waals surface area contributed by atoms with E-state index in [1.165, 1.54) is 0 Å². The highest BCUT2D eigenvalue weighted by molar-refractivity contribution is 5.92. The molecule has 0 aliphatic carbocycles. The Morgan fingerprint density at radius 3 is 2.38 bits per heavy atom. The zero-order chi connectivity index (χ0) is 9.68. The summed E-state index contributed by atoms with van der Waals surface area (Å²) < 4.78 is 0. The number of carbonyl (C=O) groups excluding carboxylic acids is 1. The summed E-state index contributed by atoms with van der Waals surface area (Å²) in [4.78, 5) is 10.7. The highest BCUT2D eigenvalue weighted by Gasteiger charge is 1.98. The number of aliphatic hydroxyl groups is 1. The van der Waals surface area contributed by atoms with E-state index in [2.05, 4.69) is 0 Å². The molecule has 3 nitrogen and oxygen atoms in total. The van der Waals surface area contributed by atoms with Crippen LogP contribution in [0.2, 0.25) is 0 Å². The number of rotatable bonds is 4. The van der Waals surface area contributed by atoms with Gasteiger partial charge in [0.1, 0.15) is 0 Å². The zero-order valence-electron chi connectivity index (χ0n) is 7.36. The Balaban J connectivity index is 2.64. The van der Waals surface area contributed by atoms with E-state index >= 15 is 0 Å². The first-order valence-electron chi connectivity index (χ1n) is 4.23. The fourth-order valence-electron chi connectivity index (χ4n) is 1.12. The number of aryl methyl sites for hydroxylation is 1. The Kier molecular flexibility index (Phi) is 3.46. The van der Waals surface area contributed by atoms with Crippen LogP contribution in [0.15, 0.2) is 24.3 Å². The molecule has 0 aromatic heterocycles. The van der Waals surface area contributed by atoms with Gasteiger partial charge in [-0.25, -0.2) is 0 Å². The summed E-state index contributed by atoms with van der Waals surface area (Å²) in [6.07, 6.45) is 1.57. The van der Waals surface area contributed by atoms with E-state index < -0.39 is 5.91 Å². The molecule has 0 aliphatic rings. The smallest absolute Gasteiger partial charge is 0.248 e. The lowest BCUT2D eigenvalue weighted by Gasteiger charge is -2.00. The maximum Gasteiger partial charge on any atom is 0.248 e. The number of hydrogen-bond acceptors (Lipinski definition) is 2. The SMILES string of the molecule is NC(=O)c1ccc(CCCO)cc1. The maximum absolute atomic E-state index is 10.7. The summed E-state index contributed by atoms with van der Waals surface area (Å²) in [7, 11) is 0. The molecule has 70 valence electrons. The monoisotopic (exact) mass is 179 g/mol. The van der Waals surface area contributed by atoms with Crippen molar-refractivity contribution >= 4 is 5.91 Å². The Hall–Kier alpha value is -1.35.